The molecular formula is C12H13F4N3O. The molecule has 8 heteroatoms. The lowest BCUT2D eigenvalue weighted by Crippen LogP contribution is -2.44. The van der Waals surface area contributed by atoms with Gasteiger partial charge in [-0.3, -0.25) is 4.79 Å². The van der Waals surface area contributed by atoms with Gasteiger partial charge in [0, 0.05) is 19.3 Å². The van der Waals surface area contributed by atoms with E-state index in [0.29, 0.717) is 0 Å². The number of hydrogen-bond donors (Lipinski definition) is 1. The molecule has 2 heterocycles. The second kappa shape index (κ2) is 5.26. The lowest BCUT2D eigenvalue weighted by atomic mass is 9.97. The summed E-state index contributed by atoms with van der Waals surface area (Å²) in [5.74, 6) is -3.79. The van der Waals surface area contributed by atoms with Gasteiger partial charge in [0.2, 0.25) is 0 Å². The molecule has 110 valence electrons. The highest BCUT2D eigenvalue weighted by molar-refractivity contribution is 5.95. The van der Waals surface area contributed by atoms with Crippen LogP contribution in [0.2, 0.25) is 0 Å². The van der Waals surface area contributed by atoms with E-state index in [9.17, 15) is 22.4 Å². The molecule has 1 aliphatic rings. The van der Waals surface area contributed by atoms with E-state index >= 15 is 0 Å². The Kier molecular flexibility index (Phi) is 3.82. The Bertz CT molecular complexity index is 518. The second-order valence-corrected chi connectivity index (χ2v) is 4.69. The summed E-state index contributed by atoms with van der Waals surface area (Å²) in [6, 6.07) is 1.12. The van der Waals surface area contributed by atoms with Crippen molar-refractivity contribution in [3.8, 4) is 0 Å². The number of nitrogens with zero attached hydrogens (tertiary/aromatic N) is 2. The lowest BCUT2D eigenvalue weighted by molar-refractivity contribution is -0.184. The summed E-state index contributed by atoms with van der Waals surface area (Å²) in [5, 5.41) is 0. The first-order valence-electron chi connectivity index (χ1n) is 6.06. The quantitative estimate of drug-likeness (QED) is 0.807. The number of nitrogen functional groups attached to an aromatic ring is 1. The highest BCUT2D eigenvalue weighted by Gasteiger charge is 2.43. The number of halogens is 4. The number of alkyl halides is 3. The van der Waals surface area contributed by atoms with Crippen molar-refractivity contribution in [2.75, 3.05) is 18.8 Å². The van der Waals surface area contributed by atoms with E-state index in [1.807, 2.05) is 0 Å². The Labute approximate surface area is 112 Å². The number of carbonyl (C=O) groups excluding carboxylic acids is 1. The second-order valence-electron chi connectivity index (χ2n) is 4.69. The number of aromatic nitrogens is 1. The third-order valence-corrected chi connectivity index (χ3v) is 3.32. The third-order valence-electron chi connectivity index (χ3n) is 3.32. The van der Waals surface area contributed by atoms with E-state index in [1.54, 1.807) is 0 Å². The number of pyridine rings is 1. The van der Waals surface area contributed by atoms with Crippen LogP contribution in [0.5, 0.6) is 0 Å². The summed E-state index contributed by atoms with van der Waals surface area (Å²) in [7, 11) is 0. The van der Waals surface area contributed by atoms with Crippen LogP contribution in [0.1, 0.15) is 23.2 Å². The molecule has 1 atom stereocenters. The average Bonchev–Trinajstić information content (AvgIpc) is 2.40. The Hall–Kier alpha value is -1.86. The Balaban J connectivity index is 2.19. The maximum absolute atomic E-state index is 13.7. The Morgan fingerprint density at radius 3 is 2.80 bits per heavy atom. The number of piperidine rings is 1. The van der Waals surface area contributed by atoms with Crippen molar-refractivity contribution in [2.45, 2.75) is 19.0 Å². The summed E-state index contributed by atoms with van der Waals surface area (Å²) >= 11 is 0. The van der Waals surface area contributed by atoms with Crippen LogP contribution in [0.15, 0.2) is 12.3 Å². The summed E-state index contributed by atoms with van der Waals surface area (Å²) in [4.78, 5) is 16.6. The average molecular weight is 291 g/mol. The molecule has 1 saturated heterocycles. The minimum absolute atomic E-state index is 0.0196. The van der Waals surface area contributed by atoms with Crippen molar-refractivity contribution < 1.29 is 22.4 Å². The van der Waals surface area contributed by atoms with Gasteiger partial charge in [0.15, 0.2) is 11.6 Å². The number of amides is 1. The van der Waals surface area contributed by atoms with Crippen molar-refractivity contribution in [3.05, 3.63) is 23.6 Å². The van der Waals surface area contributed by atoms with Crippen LogP contribution < -0.4 is 5.73 Å². The van der Waals surface area contributed by atoms with Crippen molar-refractivity contribution in [1.29, 1.82) is 0 Å². The molecule has 1 aromatic heterocycles. The maximum atomic E-state index is 13.7. The predicted molar refractivity (Wildman–Crippen MR) is 63.3 cm³/mol. The van der Waals surface area contributed by atoms with E-state index < -0.39 is 36.2 Å². The molecule has 0 radical (unpaired) electrons. The van der Waals surface area contributed by atoms with Gasteiger partial charge in [-0.25, -0.2) is 9.37 Å². The van der Waals surface area contributed by atoms with Crippen LogP contribution in [-0.2, 0) is 0 Å². The van der Waals surface area contributed by atoms with Gasteiger partial charge in [-0.1, -0.05) is 0 Å². The SMILES string of the molecule is Nc1nccc(C(=O)N2CCCC(C(F)(F)F)C2)c1F. The van der Waals surface area contributed by atoms with E-state index in [1.165, 1.54) is 0 Å². The Morgan fingerprint density at radius 2 is 2.15 bits per heavy atom. The first-order chi connectivity index (χ1) is 9.30. The number of likely N-dealkylation sites (tertiary alicyclic amines) is 1. The van der Waals surface area contributed by atoms with Gasteiger partial charge in [0.25, 0.3) is 5.91 Å². The summed E-state index contributed by atoms with van der Waals surface area (Å²) in [5.41, 5.74) is 4.90. The van der Waals surface area contributed by atoms with Crippen molar-refractivity contribution >= 4 is 11.7 Å². The van der Waals surface area contributed by atoms with E-state index in [2.05, 4.69) is 4.98 Å². The van der Waals surface area contributed by atoms with Crippen molar-refractivity contribution in [1.82, 2.24) is 9.88 Å². The first-order valence-corrected chi connectivity index (χ1v) is 6.06. The van der Waals surface area contributed by atoms with Gasteiger partial charge in [0.1, 0.15) is 0 Å². The molecule has 0 saturated carbocycles. The molecular weight excluding hydrogens is 278 g/mol. The molecule has 1 amide bonds. The standard InChI is InChI=1S/C12H13F4N3O/c13-9-8(3-4-18-10(9)17)11(20)19-5-1-2-7(6-19)12(14,15)16/h3-4,7H,1-2,5-6H2,(H2,17,18). The third kappa shape index (κ3) is 2.83. The molecule has 0 aliphatic carbocycles. The lowest BCUT2D eigenvalue weighted by Gasteiger charge is -2.33. The van der Waals surface area contributed by atoms with Gasteiger partial charge >= 0.3 is 6.18 Å². The molecule has 0 spiro atoms. The van der Waals surface area contributed by atoms with Crippen molar-refractivity contribution in [3.63, 3.8) is 0 Å². The minimum Gasteiger partial charge on any atom is -0.381 e. The molecule has 1 aromatic rings. The highest BCUT2D eigenvalue weighted by atomic mass is 19.4. The zero-order chi connectivity index (χ0) is 14.9. The number of carbonyl (C=O) groups is 1. The topological polar surface area (TPSA) is 59.2 Å². The molecule has 4 nitrogen and oxygen atoms in total. The number of rotatable bonds is 1. The Morgan fingerprint density at radius 1 is 1.45 bits per heavy atom. The zero-order valence-corrected chi connectivity index (χ0v) is 10.5. The molecule has 2 N–H and O–H groups in total. The largest absolute Gasteiger partial charge is 0.393 e. The van der Waals surface area contributed by atoms with Gasteiger partial charge in [-0.05, 0) is 18.9 Å². The summed E-state index contributed by atoms with van der Waals surface area (Å²) < 4.78 is 51.7. The van der Waals surface area contributed by atoms with E-state index in [-0.39, 0.29) is 24.9 Å². The zero-order valence-electron chi connectivity index (χ0n) is 10.5. The van der Waals surface area contributed by atoms with Gasteiger partial charge < -0.3 is 10.6 Å². The highest BCUT2D eigenvalue weighted by Crippen LogP contribution is 2.33. The fourth-order valence-electron chi connectivity index (χ4n) is 2.22. The van der Waals surface area contributed by atoms with Crippen LogP contribution in [0.4, 0.5) is 23.4 Å². The maximum Gasteiger partial charge on any atom is 0.393 e. The molecule has 2 rings (SSSR count). The van der Waals surface area contributed by atoms with Crippen molar-refractivity contribution in [2.24, 2.45) is 5.92 Å². The molecule has 1 aliphatic heterocycles. The predicted octanol–water partition coefficient (Wildman–Crippen LogP) is 2.22. The smallest absolute Gasteiger partial charge is 0.381 e. The number of hydrogen-bond acceptors (Lipinski definition) is 3. The number of anilines is 1. The molecule has 1 unspecified atom stereocenters. The molecule has 20 heavy (non-hydrogen) atoms. The van der Waals surface area contributed by atoms with Gasteiger partial charge in [-0.2, -0.15) is 13.2 Å². The molecule has 0 aromatic carbocycles. The van der Waals surface area contributed by atoms with Crippen LogP contribution in [0.3, 0.4) is 0 Å². The van der Waals surface area contributed by atoms with E-state index in [4.69, 9.17) is 5.73 Å². The number of nitrogens with two attached hydrogens (primary N) is 1. The molecule has 0 bridgehead atoms. The van der Waals surface area contributed by atoms with Crippen LogP contribution in [0, 0.1) is 11.7 Å². The summed E-state index contributed by atoms with van der Waals surface area (Å²) in [6.07, 6.45) is -2.99. The van der Waals surface area contributed by atoms with Crippen LogP contribution in [0.25, 0.3) is 0 Å². The first kappa shape index (κ1) is 14.5. The van der Waals surface area contributed by atoms with Gasteiger partial charge in [0.05, 0.1) is 11.5 Å². The van der Waals surface area contributed by atoms with E-state index in [0.717, 1.165) is 17.2 Å². The molecule has 1 fully saturated rings. The monoisotopic (exact) mass is 291 g/mol. The summed E-state index contributed by atoms with van der Waals surface area (Å²) in [6.45, 7) is -0.281. The minimum atomic E-state index is -4.35. The van der Waals surface area contributed by atoms with Gasteiger partial charge in [-0.15, -0.1) is 0 Å². The van der Waals surface area contributed by atoms with Crippen LogP contribution in [-0.4, -0.2) is 35.1 Å². The fourth-order valence-corrected chi connectivity index (χ4v) is 2.22. The normalized spacial score (nSPS) is 20.0. The van der Waals surface area contributed by atoms with Crippen LogP contribution >= 0.6 is 0 Å². The fraction of sp³-hybridized carbons (Fsp3) is 0.500.